The topological polar surface area (TPSA) is 66.5 Å². The highest BCUT2D eigenvalue weighted by molar-refractivity contribution is 6.02. The molecule has 1 aliphatic heterocycles. The van der Waals surface area contributed by atoms with Crippen molar-refractivity contribution in [2.24, 2.45) is 17.8 Å². The van der Waals surface area contributed by atoms with Crippen LogP contribution in [0.25, 0.3) is 0 Å². The largest absolute Gasteiger partial charge is 0.353 e. The summed E-state index contributed by atoms with van der Waals surface area (Å²) in [7, 11) is 0. The van der Waals surface area contributed by atoms with Gasteiger partial charge in [-0.1, -0.05) is 32.1 Å². The highest BCUT2D eigenvalue weighted by Gasteiger charge is 2.48. The second-order valence-electron chi connectivity index (χ2n) is 8.58. The number of carbonyl (C=O) groups is 3. The smallest absolute Gasteiger partial charge is 0.229 e. The van der Waals surface area contributed by atoms with Crippen molar-refractivity contribution >= 4 is 17.7 Å². The molecule has 0 radical (unpaired) electrons. The number of hydrogen-bond acceptors (Lipinski definition) is 3. The standard InChI is InChI=1S/C20H30N2O3/c23-18-10-11-19(24)22(18)15-8-6-14(7-9-15)21-20(25)17-12-16(17)13-4-2-1-3-5-13/h13-17H,1-12H2,(H,21,25). The highest BCUT2D eigenvalue weighted by atomic mass is 16.2. The number of nitrogens with zero attached hydrogens (tertiary/aromatic N) is 1. The summed E-state index contributed by atoms with van der Waals surface area (Å²) in [5.41, 5.74) is 0. The van der Waals surface area contributed by atoms with Crippen molar-refractivity contribution in [2.45, 2.75) is 89.1 Å². The fourth-order valence-electron chi connectivity index (χ4n) is 5.39. The quantitative estimate of drug-likeness (QED) is 0.796. The molecule has 2 atom stereocenters. The zero-order valence-electron chi connectivity index (χ0n) is 15.0. The molecule has 2 unspecified atom stereocenters. The first-order valence-electron chi connectivity index (χ1n) is 10.3. The molecule has 5 heteroatoms. The van der Waals surface area contributed by atoms with Crippen LogP contribution in [0.5, 0.6) is 0 Å². The lowest BCUT2D eigenvalue weighted by molar-refractivity contribution is -0.142. The second-order valence-corrected chi connectivity index (χ2v) is 8.58. The van der Waals surface area contributed by atoms with E-state index in [1.165, 1.54) is 37.0 Å². The Labute approximate surface area is 149 Å². The van der Waals surface area contributed by atoms with Gasteiger partial charge < -0.3 is 5.32 Å². The number of nitrogens with one attached hydrogen (secondary N) is 1. The number of imide groups is 1. The van der Waals surface area contributed by atoms with Gasteiger partial charge in [-0.25, -0.2) is 0 Å². The number of hydrogen-bond donors (Lipinski definition) is 1. The van der Waals surface area contributed by atoms with E-state index in [-0.39, 0.29) is 35.7 Å². The lowest BCUT2D eigenvalue weighted by Crippen LogP contribution is -2.46. The minimum atomic E-state index is -0.00853. The van der Waals surface area contributed by atoms with Crippen LogP contribution in [-0.4, -0.2) is 34.7 Å². The molecule has 3 amide bonds. The summed E-state index contributed by atoms with van der Waals surface area (Å²) >= 11 is 0. The predicted octanol–water partition coefficient (Wildman–Crippen LogP) is 2.78. The monoisotopic (exact) mass is 346 g/mol. The Morgan fingerprint density at radius 3 is 2.16 bits per heavy atom. The van der Waals surface area contributed by atoms with E-state index in [1.54, 1.807) is 0 Å². The number of carbonyl (C=O) groups excluding carboxylic acids is 3. The zero-order valence-corrected chi connectivity index (χ0v) is 15.0. The molecule has 138 valence electrons. The molecule has 1 heterocycles. The minimum Gasteiger partial charge on any atom is -0.353 e. The van der Waals surface area contributed by atoms with Crippen molar-refractivity contribution < 1.29 is 14.4 Å². The Morgan fingerprint density at radius 1 is 0.880 bits per heavy atom. The van der Waals surface area contributed by atoms with E-state index in [0.717, 1.165) is 38.0 Å². The molecule has 4 aliphatic rings. The summed E-state index contributed by atoms with van der Waals surface area (Å²) in [6, 6.07) is 0.288. The van der Waals surface area contributed by atoms with Gasteiger partial charge in [-0.2, -0.15) is 0 Å². The van der Waals surface area contributed by atoms with Gasteiger partial charge in [0.1, 0.15) is 0 Å². The fraction of sp³-hybridized carbons (Fsp3) is 0.850. The number of amides is 3. The zero-order chi connectivity index (χ0) is 17.4. The Kier molecular flexibility index (Phi) is 4.83. The lowest BCUT2D eigenvalue weighted by atomic mass is 9.85. The molecule has 0 aromatic heterocycles. The summed E-state index contributed by atoms with van der Waals surface area (Å²) in [5, 5.41) is 3.26. The summed E-state index contributed by atoms with van der Waals surface area (Å²) in [6.45, 7) is 0. The molecule has 0 bridgehead atoms. The highest BCUT2D eigenvalue weighted by Crippen LogP contribution is 2.49. The van der Waals surface area contributed by atoms with E-state index < -0.39 is 0 Å². The third-order valence-corrected chi connectivity index (χ3v) is 6.93. The molecule has 1 N–H and O–H groups in total. The van der Waals surface area contributed by atoms with E-state index in [4.69, 9.17) is 0 Å². The molecule has 3 aliphatic carbocycles. The normalized spacial score (nSPS) is 36.6. The number of likely N-dealkylation sites (tertiary alicyclic amines) is 1. The Balaban J connectivity index is 1.22. The average molecular weight is 346 g/mol. The summed E-state index contributed by atoms with van der Waals surface area (Å²) in [6.07, 6.45) is 11.9. The molecular weight excluding hydrogens is 316 g/mol. The van der Waals surface area contributed by atoms with Crippen molar-refractivity contribution in [3.63, 3.8) is 0 Å². The van der Waals surface area contributed by atoms with Crippen LogP contribution in [0.1, 0.15) is 77.0 Å². The molecule has 25 heavy (non-hydrogen) atoms. The van der Waals surface area contributed by atoms with Crippen molar-refractivity contribution in [3.8, 4) is 0 Å². The summed E-state index contributed by atoms with van der Waals surface area (Å²) < 4.78 is 0. The molecule has 3 saturated carbocycles. The van der Waals surface area contributed by atoms with Gasteiger partial charge in [0, 0.05) is 30.8 Å². The van der Waals surface area contributed by atoms with Gasteiger partial charge in [-0.15, -0.1) is 0 Å². The lowest BCUT2D eigenvalue weighted by Gasteiger charge is -2.33. The Morgan fingerprint density at radius 2 is 1.52 bits per heavy atom. The first-order chi connectivity index (χ1) is 12.1. The van der Waals surface area contributed by atoms with Crippen LogP contribution in [0.4, 0.5) is 0 Å². The van der Waals surface area contributed by atoms with Crippen LogP contribution in [0.2, 0.25) is 0 Å². The maximum Gasteiger partial charge on any atom is 0.229 e. The van der Waals surface area contributed by atoms with Crippen LogP contribution >= 0.6 is 0 Å². The molecule has 4 fully saturated rings. The van der Waals surface area contributed by atoms with Crippen molar-refractivity contribution in [3.05, 3.63) is 0 Å². The molecule has 4 rings (SSSR count). The maximum absolute atomic E-state index is 12.5. The van der Waals surface area contributed by atoms with Gasteiger partial charge in [0.05, 0.1) is 0 Å². The second kappa shape index (κ2) is 7.08. The predicted molar refractivity (Wildman–Crippen MR) is 93.4 cm³/mol. The number of rotatable bonds is 4. The van der Waals surface area contributed by atoms with Gasteiger partial charge in [0.2, 0.25) is 17.7 Å². The van der Waals surface area contributed by atoms with Gasteiger partial charge in [-0.05, 0) is 43.9 Å². The van der Waals surface area contributed by atoms with Crippen molar-refractivity contribution in [1.29, 1.82) is 0 Å². The minimum absolute atomic E-state index is 0.00853. The van der Waals surface area contributed by atoms with Gasteiger partial charge in [0.15, 0.2) is 0 Å². The average Bonchev–Trinajstić information content (AvgIpc) is 3.37. The van der Waals surface area contributed by atoms with E-state index in [0.29, 0.717) is 18.8 Å². The van der Waals surface area contributed by atoms with E-state index in [1.807, 2.05) is 0 Å². The van der Waals surface area contributed by atoms with Gasteiger partial charge in [0.25, 0.3) is 0 Å². The van der Waals surface area contributed by atoms with Crippen molar-refractivity contribution in [2.75, 3.05) is 0 Å². The van der Waals surface area contributed by atoms with Crippen molar-refractivity contribution in [1.82, 2.24) is 10.2 Å². The SMILES string of the molecule is O=C(NC1CCC(N2C(=O)CCC2=O)CC1)C1CC1C1CCCCC1. The molecule has 0 spiro atoms. The third kappa shape index (κ3) is 3.61. The van der Waals surface area contributed by atoms with Gasteiger partial charge in [-0.3, -0.25) is 19.3 Å². The molecular formula is C20H30N2O3. The summed E-state index contributed by atoms with van der Waals surface area (Å²) in [5.74, 6) is 1.91. The maximum atomic E-state index is 12.5. The molecule has 1 saturated heterocycles. The molecule has 0 aromatic rings. The van der Waals surface area contributed by atoms with E-state index >= 15 is 0 Å². The van der Waals surface area contributed by atoms with Crippen LogP contribution < -0.4 is 5.32 Å². The van der Waals surface area contributed by atoms with Crippen LogP contribution in [0, 0.1) is 17.8 Å². The first-order valence-corrected chi connectivity index (χ1v) is 10.3. The van der Waals surface area contributed by atoms with Crippen LogP contribution in [0.3, 0.4) is 0 Å². The van der Waals surface area contributed by atoms with Gasteiger partial charge >= 0.3 is 0 Å². The van der Waals surface area contributed by atoms with E-state index in [2.05, 4.69) is 5.32 Å². The van der Waals surface area contributed by atoms with Crippen LogP contribution in [0.15, 0.2) is 0 Å². The summed E-state index contributed by atoms with van der Waals surface area (Å²) in [4.78, 5) is 37.8. The van der Waals surface area contributed by atoms with Crippen LogP contribution in [-0.2, 0) is 14.4 Å². The third-order valence-electron chi connectivity index (χ3n) is 6.93. The Hall–Kier alpha value is -1.39. The Bertz CT molecular complexity index is 531. The van der Waals surface area contributed by atoms with E-state index in [9.17, 15) is 14.4 Å². The molecule has 5 nitrogen and oxygen atoms in total. The fourth-order valence-corrected chi connectivity index (χ4v) is 5.39. The first kappa shape index (κ1) is 17.0. The molecule has 0 aromatic carbocycles.